The highest BCUT2D eigenvalue weighted by Gasteiger charge is 2.62. The maximum atomic E-state index is 11.2. The molecule has 2 N–H and O–H groups in total. The van der Waals surface area contributed by atoms with E-state index in [4.69, 9.17) is 0 Å². The van der Waals surface area contributed by atoms with Crippen molar-refractivity contribution in [1.29, 1.82) is 0 Å². The normalized spacial score (nSPS) is 45.3. The van der Waals surface area contributed by atoms with Crippen LogP contribution in [0.3, 0.4) is 0 Å². The van der Waals surface area contributed by atoms with Crippen molar-refractivity contribution in [3.63, 3.8) is 0 Å². The van der Waals surface area contributed by atoms with Gasteiger partial charge in [-0.05, 0) is 102 Å². The molecule has 2 fully saturated rings. The van der Waals surface area contributed by atoms with Gasteiger partial charge in [0.2, 0.25) is 0 Å². The van der Waals surface area contributed by atoms with Crippen LogP contribution in [0.2, 0.25) is 0 Å². The largest absolute Gasteiger partial charge is 0.393 e. The Balaban J connectivity index is 1.64. The fourth-order valence-corrected chi connectivity index (χ4v) is 8.47. The van der Waals surface area contributed by atoms with E-state index < -0.39 is 0 Å². The summed E-state index contributed by atoms with van der Waals surface area (Å²) in [6, 6.07) is 0. The number of hydrogen-bond donors (Lipinski definition) is 2. The number of rotatable bonds is 5. The van der Waals surface area contributed by atoms with E-state index in [9.17, 15) is 10.2 Å². The third-order valence-electron chi connectivity index (χ3n) is 11.4. The average Bonchev–Trinajstić information content (AvgIpc) is 3.01. The summed E-state index contributed by atoms with van der Waals surface area (Å²) in [5.41, 5.74) is 4.95. The molecule has 2 saturated carbocycles. The van der Waals surface area contributed by atoms with E-state index >= 15 is 0 Å². The van der Waals surface area contributed by atoms with Crippen LogP contribution < -0.4 is 0 Å². The Morgan fingerprint density at radius 1 is 1.09 bits per heavy atom. The van der Waals surface area contributed by atoms with Crippen molar-refractivity contribution in [1.82, 2.24) is 0 Å². The molecule has 9 unspecified atom stereocenters. The molecular weight excluding hydrogens is 392 g/mol. The first-order valence-electron chi connectivity index (χ1n) is 13.3. The molecule has 0 spiro atoms. The van der Waals surface area contributed by atoms with Gasteiger partial charge >= 0.3 is 0 Å². The van der Waals surface area contributed by atoms with E-state index in [1.807, 2.05) is 0 Å². The molecule has 180 valence electrons. The van der Waals surface area contributed by atoms with Gasteiger partial charge < -0.3 is 10.2 Å². The van der Waals surface area contributed by atoms with Crippen LogP contribution in [0.5, 0.6) is 0 Å². The van der Waals surface area contributed by atoms with Crippen molar-refractivity contribution in [2.45, 2.75) is 106 Å². The van der Waals surface area contributed by atoms with Crippen LogP contribution in [-0.4, -0.2) is 22.4 Å². The lowest BCUT2D eigenvalue weighted by Gasteiger charge is -2.58. The highest BCUT2D eigenvalue weighted by molar-refractivity contribution is 5.49. The monoisotopic (exact) mass is 440 g/mol. The molecule has 0 radical (unpaired) electrons. The summed E-state index contributed by atoms with van der Waals surface area (Å²) in [5, 5.41) is 21.7. The van der Waals surface area contributed by atoms with Crippen molar-refractivity contribution in [2.24, 2.45) is 45.8 Å². The molecule has 4 aliphatic rings. The van der Waals surface area contributed by atoms with Gasteiger partial charge in [-0.1, -0.05) is 72.8 Å². The minimum atomic E-state index is -0.303. The summed E-state index contributed by atoms with van der Waals surface area (Å²) in [4.78, 5) is 0. The van der Waals surface area contributed by atoms with Crippen LogP contribution in [-0.2, 0) is 0 Å². The van der Waals surface area contributed by atoms with Crippen molar-refractivity contribution in [3.8, 4) is 0 Å². The van der Waals surface area contributed by atoms with Crippen molar-refractivity contribution in [3.05, 3.63) is 35.5 Å². The first-order chi connectivity index (χ1) is 14.9. The summed E-state index contributed by atoms with van der Waals surface area (Å²) < 4.78 is 0. The molecule has 0 aliphatic heterocycles. The topological polar surface area (TPSA) is 40.5 Å². The smallest absolute Gasteiger partial charge is 0.0605 e. The number of fused-ring (bicyclic) bond motifs is 5. The van der Waals surface area contributed by atoms with Crippen LogP contribution in [0.25, 0.3) is 0 Å². The second kappa shape index (κ2) is 8.12. The number of aliphatic hydroxyl groups excluding tert-OH is 2. The molecule has 32 heavy (non-hydrogen) atoms. The van der Waals surface area contributed by atoms with E-state index in [1.54, 1.807) is 11.1 Å². The molecule has 0 amide bonds. The summed E-state index contributed by atoms with van der Waals surface area (Å²) in [5.74, 6) is 2.16. The highest BCUT2D eigenvalue weighted by Crippen LogP contribution is 2.70. The minimum Gasteiger partial charge on any atom is -0.393 e. The lowest BCUT2D eigenvalue weighted by Crippen LogP contribution is -2.51. The van der Waals surface area contributed by atoms with Crippen LogP contribution in [0.4, 0.5) is 0 Å². The molecule has 0 aromatic heterocycles. The summed E-state index contributed by atoms with van der Waals surface area (Å²) in [6.45, 7) is 20.7. The zero-order valence-electron chi connectivity index (χ0n) is 21.7. The van der Waals surface area contributed by atoms with Gasteiger partial charge in [0, 0.05) is 0 Å². The quantitative estimate of drug-likeness (QED) is 0.448. The maximum absolute atomic E-state index is 11.2. The van der Waals surface area contributed by atoms with E-state index in [0.29, 0.717) is 23.7 Å². The lowest BCUT2D eigenvalue weighted by molar-refractivity contribution is -0.0279. The Bertz CT molecular complexity index is 821. The molecule has 2 heteroatoms. The highest BCUT2D eigenvalue weighted by atomic mass is 16.3. The Morgan fingerprint density at radius 2 is 1.78 bits per heavy atom. The first kappa shape index (κ1) is 24.3. The minimum absolute atomic E-state index is 0.146. The average molecular weight is 441 g/mol. The van der Waals surface area contributed by atoms with Gasteiger partial charge in [-0.2, -0.15) is 0 Å². The molecule has 2 nitrogen and oxygen atoms in total. The fraction of sp³-hybridized carbons (Fsp3) is 0.800. The molecule has 0 saturated heterocycles. The lowest BCUT2D eigenvalue weighted by atomic mass is 9.46. The number of allylic oxidation sites excluding steroid dienone is 4. The van der Waals surface area contributed by atoms with Gasteiger partial charge in [0.15, 0.2) is 0 Å². The van der Waals surface area contributed by atoms with Crippen molar-refractivity contribution >= 4 is 0 Å². The zero-order valence-corrected chi connectivity index (χ0v) is 21.7. The molecule has 0 aromatic rings. The van der Waals surface area contributed by atoms with Crippen molar-refractivity contribution < 1.29 is 10.2 Å². The third kappa shape index (κ3) is 3.34. The molecule has 9 atom stereocenters. The van der Waals surface area contributed by atoms with Crippen LogP contribution in [0, 0.1) is 45.8 Å². The van der Waals surface area contributed by atoms with Gasteiger partial charge in [0.05, 0.1) is 12.2 Å². The molecular formula is C30H48O2. The maximum Gasteiger partial charge on any atom is 0.0605 e. The van der Waals surface area contributed by atoms with Crippen LogP contribution in [0.15, 0.2) is 35.5 Å². The number of aliphatic hydroxyl groups is 2. The molecule has 4 aliphatic carbocycles. The Kier molecular flexibility index (Phi) is 6.16. The van der Waals surface area contributed by atoms with Crippen LogP contribution in [0.1, 0.15) is 93.4 Å². The predicted octanol–water partition coefficient (Wildman–Crippen LogP) is 7.08. The molecule has 0 bridgehead atoms. The fourth-order valence-electron chi connectivity index (χ4n) is 8.47. The van der Waals surface area contributed by atoms with Gasteiger partial charge in [-0.15, -0.1) is 0 Å². The zero-order chi connectivity index (χ0) is 23.6. The van der Waals surface area contributed by atoms with E-state index in [0.717, 1.165) is 32.1 Å². The second-order valence-electron chi connectivity index (χ2n) is 13.0. The van der Waals surface area contributed by atoms with E-state index in [2.05, 4.69) is 67.2 Å². The van der Waals surface area contributed by atoms with Crippen molar-refractivity contribution in [2.75, 3.05) is 0 Å². The first-order valence-corrected chi connectivity index (χ1v) is 13.3. The SMILES string of the molecule is C=C(CC(O)C(C)C1CCC2(C)C3=CCC4C(C)C(O)CCC4(C)C3=CCC12C)C(C)C. The Hall–Kier alpha value is -0.860. The Morgan fingerprint density at radius 3 is 2.44 bits per heavy atom. The third-order valence-corrected chi connectivity index (χ3v) is 11.4. The summed E-state index contributed by atoms with van der Waals surface area (Å²) in [6.07, 6.45) is 12.1. The van der Waals surface area contributed by atoms with Gasteiger partial charge in [-0.3, -0.25) is 0 Å². The predicted molar refractivity (Wildman–Crippen MR) is 134 cm³/mol. The number of hydrogen-bond acceptors (Lipinski definition) is 2. The summed E-state index contributed by atoms with van der Waals surface area (Å²) >= 11 is 0. The summed E-state index contributed by atoms with van der Waals surface area (Å²) in [7, 11) is 0. The molecule has 0 heterocycles. The van der Waals surface area contributed by atoms with Crippen LogP contribution >= 0.6 is 0 Å². The standard InChI is InChI=1S/C30H48O2/c1-18(2)19(3)17-27(32)21(5)23-11-15-30(8)25-10-9-22-20(4)26(31)13-14-28(22,6)24(25)12-16-29(23,30)7/h10,12,18,20-23,26-27,31-32H,3,9,11,13-17H2,1-2,4-8H3. The molecule has 4 rings (SSSR count). The van der Waals surface area contributed by atoms with E-state index in [-0.39, 0.29) is 34.4 Å². The van der Waals surface area contributed by atoms with Gasteiger partial charge in [0.25, 0.3) is 0 Å². The van der Waals surface area contributed by atoms with E-state index in [1.165, 1.54) is 18.4 Å². The second-order valence-corrected chi connectivity index (χ2v) is 13.0. The van der Waals surface area contributed by atoms with Gasteiger partial charge in [-0.25, -0.2) is 0 Å². The Labute approximate surface area is 197 Å². The van der Waals surface area contributed by atoms with Gasteiger partial charge in [0.1, 0.15) is 0 Å². The molecule has 0 aromatic carbocycles.